The molecule has 0 fully saturated rings. The summed E-state index contributed by atoms with van der Waals surface area (Å²) in [5.74, 6) is 1.57. The van der Waals surface area contributed by atoms with E-state index in [9.17, 15) is 4.79 Å². The van der Waals surface area contributed by atoms with Crippen LogP contribution in [-0.2, 0) is 4.74 Å². The highest BCUT2D eigenvalue weighted by Crippen LogP contribution is 2.34. The summed E-state index contributed by atoms with van der Waals surface area (Å²) in [6, 6.07) is 5.46. The van der Waals surface area contributed by atoms with Crippen LogP contribution in [-0.4, -0.2) is 42.9 Å². The van der Waals surface area contributed by atoms with Gasteiger partial charge in [-0.25, -0.2) is 9.97 Å². The minimum Gasteiger partial charge on any atom is -0.454 e. The standard InChI is InChI=1S/C16H18N4O4/c1-22-6-2-5-17-15(21)11-8-18-16(19-9-11)20-12-3-4-13-14(7-12)24-10-23-13/h3-4,7-9H,2,5-6,10H2,1H3,(H,17,21)(H,18,19,20). The number of carbonyl (C=O) groups excluding carboxylic acids is 1. The maximum absolute atomic E-state index is 11.9. The maximum atomic E-state index is 11.9. The van der Waals surface area contributed by atoms with Crippen molar-refractivity contribution in [3.8, 4) is 11.5 Å². The number of benzene rings is 1. The van der Waals surface area contributed by atoms with Crippen LogP contribution in [0.15, 0.2) is 30.6 Å². The Morgan fingerprint density at radius 3 is 2.83 bits per heavy atom. The molecule has 0 saturated carbocycles. The summed E-state index contributed by atoms with van der Waals surface area (Å²) in [5.41, 5.74) is 1.18. The molecule has 1 aliphatic heterocycles. The van der Waals surface area contributed by atoms with E-state index in [1.165, 1.54) is 12.4 Å². The maximum Gasteiger partial charge on any atom is 0.254 e. The molecule has 2 aromatic rings. The van der Waals surface area contributed by atoms with Gasteiger partial charge in [-0.05, 0) is 18.6 Å². The van der Waals surface area contributed by atoms with Crippen LogP contribution in [0.1, 0.15) is 16.8 Å². The summed E-state index contributed by atoms with van der Waals surface area (Å²) in [6.07, 6.45) is 3.72. The highest BCUT2D eigenvalue weighted by molar-refractivity contribution is 5.93. The van der Waals surface area contributed by atoms with E-state index in [2.05, 4.69) is 20.6 Å². The molecule has 1 aromatic heterocycles. The summed E-state index contributed by atoms with van der Waals surface area (Å²) in [4.78, 5) is 20.2. The Balaban J connectivity index is 1.57. The van der Waals surface area contributed by atoms with Gasteiger partial charge in [0, 0.05) is 44.4 Å². The first-order chi connectivity index (χ1) is 11.8. The molecule has 2 N–H and O–H groups in total. The summed E-state index contributed by atoms with van der Waals surface area (Å²) in [5, 5.41) is 5.84. The first kappa shape index (κ1) is 16.0. The van der Waals surface area contributed by atoms with Crippen molar-refractivity contribution in [2.75, 3.05) is 32.4 Å². The van der Waals surface area contributed by atoms with Crippen LogP contribution in [0.3, 0.4) is 0 Å². The summed E-state index contributed by atoms with van der Waals surface area (Å²) >= 11 is 0. The van der Waals surface area contributed by atoms with Crippen LogP contribution in [0.2, 0.25) is 0 Å². The summed E-state index contributed by atoms with van der Waals surface area (Å²) < 4.78 is 15.5. The van der Waals surface area contributed by atoms with Crippen molar-refractivity contribution in [2.45, 2.75) is 6.42 Å². The molecule has 2 heterocycles. The number of amides is 1. The fourth-order valence-electron chi connectivity index (χ4n) is 2.13. The highest BCUT2D eigenvalue weighted by Gasteiger charge is 2.13. The summed E-state index contributed by atoms with van der Waals surface area (Å²) in [7, 11) is 1.63. The fraction of sp³-hybridized carbons (Fsp3) is 0.312. The van der Waals surface area contributed by atoms with E-state index < -0.39 is 0 Å². The monoisotopic (exact) mass is 330 g/mol. The smallest absolute Gasteiger partial charge is 0.254 e. The number of fused-ring (bicyclic) bond motifs is 1. The number of methoxy groups -OCH3 is 1. The van der Waals surface area contributed by atoms with Gasteiger partial charge in [-0.1, -0.05) is 0 Å². The predicted octanol–water partition coefficient (Wildman–Crippen LogP) is 1.72. The second-order valence-corrected chi connectivity index (χ2v) is 5.09. The van der Waals surface area contributed by atoms with Gasteiger partial charge in [-0.2, -0.15) is 0 Å². The number of hydrogen-bond donors (Lipinski definition) is 2. The lowest BCUT2D eigenvalue weighted by atomic mass is 10.3. The van der Waals surface area contributed by atoms with Crippen molar-refractivity contribution in [1.29, 1.82) is 0 Å². The first-order valence-electron chi connectivity index (χ1n) is 7.52. The van der Waals surface area contributed by atoms with Gasteiger partial charge in [-0.3, -0.25) is 4.79 Å². The Kier molecular flexibility index (Phi) is 5.07. The Labute approximate surface area is 139 Å². The molecule has 0 radical (unpaired) electrons. The normalized spacial score (nSPS) is 12.0. The molecule has 3 rings (SSSR count). The molecule has 0 atom stereocenters. The van der Waals surface area contributed by atoms with Gasteiger partial charge in [0.15, 0.2) is 11.5 Å². The molecule has 8 heteroatoms. The van der Waals surface area contributed by atoms with Gasteiger partial charge >= 0.3 is 0 Å². The molecule has 0 spiro atoms. The van der Waals surface area contributed by atoms with Gasteiger partial charge < -0.3 is 24.8 Å². The minimum absolute atomic E-state index is 0.208. The zero-order chi connectivity index (χ0) is 16.8. The van der Waals surface area contributed by atoms with Gasteiger partial charge in [0.25, 0.3) is 5.91 Å². The molecule has 1 aromatic carbocycles. The quantitative estimate of drug-likeness (QED) is 0.746. The van der Waals surface area contributed by atoms with Crippen molar-refractivity contribution in [3.05, 3.63) is 36.2 Å². The number of aromatic nitrogens is 2. The van der Waals surface area contributed by atoms with Crippen LogP contribution in [0, 0.1) is 0 Å². The number of hydrogen-bond acceptors (Lipinski definition) is 7. The van der Waals surface area contributed by atoms with Crippen molar-refractivity contribution in [3.63, 3.8) is 0 Å². The van der Waals surface area contributed by atoms with Gasteiger partial charge in [0.1, 0.15) is 0 Å². The Morgan fingerprint density at radius 2 is 2.04 bits per heavy atom. The molecule has 1 amide bonds. The molecule has 1 aliphatic rings. The molecule has 0 bridgehead atoms. The van der Waals surface area contributed by atoms with E-state index in [0.717, 1.165) is 12.1 Å². The van der Waals surface area contributed by atoms with E-state index in [0.29, 0.717) is 36.2 Å². The third-order valence-corrected chi connectivity index (χ3v) is 3.35. The van der Waals surface area contributed by atoms with E-state index in [1.54, 1.807) is 7.11 Å². The number of rotatable bonds is 7. The fourth-order valence-corrected chi connectivity index (χ4v) is 2.13. The average molecular weight is 330 g/mol. The first-order valence-corrected chi connectivity index (χ1v) is 7.52. The highest BCUT2D eigenvalue weighted by atomic mass is 16.7. The van der Waals surface area contributed by atoms with Crippen molar-refractivity contribution < 1.29 is 19.0 Å². The largest absolute Gasteiger partial charge is 0.454 e. The zero-order valence-electron chi connectivity index (χ0n) is 13.2. The Morgan fingerprint density at radius 1 is 1.25 bits per heavy atom. The number of carbonyl (C=O) groups is 1. The average Bonchev–Trinajstić information content (AvgIpc) is 3.07. The summed E-state index contributed by atoms with van der Waals surface area (Å²) in [6.45, 7) is 1.38. The second-order valence-electron chi connectivity index (χ2n) is 5.09. The van der Waals surface area contributed by atoms with E-state index in [-0.39, 0.29) is 12.7 Å². The Bertz CT molecular complexity index is 706. The topological polar surface area (TPSA) is 94.6 Å². The van der Waals surface area contributed by atoms with Crippen LogP contribution in [0.5, 0.6) is 11.5 Å². The molecule has 0 aliphatic carbocycles. The molecular formula is C16H18N4O4. The van der Waals surface area contributed by atoms with Crippen molar-refractivity contribution in [1.82, 2.24) is 15.3 Å². The van der Waals surface area contributed by atoms with Crippen molar-refractivity contribution in [2.24, 2.45) is 0 Å². The van der Waals surface area contributed by atoms with Crippen LogP contribution >= 0.6 is 0 Å². The number of anilines is 2. The second kappa shape index (κ2) is 7.60. The van der Waals surface area contributed by atoms with E-state index >= 15 is 0 Å². The van der Waals surface area contributed by atoms with Crippen LogP contribution < -0.4 is 20.1 Å². The van der Waals surface area contributed by atoms with Crippen LogP contribution in [0.25, 0.3) is 0 Å². The minimum atomic E-state index is -0.208. The molecule has 0 saturated heterocycles. The van der Waals surface area contributed by atoms with Crippen molar-refractivity contribution >= 4 is 17.5 Å². The van der Waals surface area contributed by atoms with Crippen LogP contribution in [0.4, 0.5) is 11.6 Å². The third kappa shape index (κ3) is 3.90. The lowest BCUT2D eigenvalue weighted by Gasteiger charge is -2.07. The zero-order valence-corrected chi connectivity index (χ0v) is 13.2. The Hall–Kier alpha value is -2.87. The van der Waals surface area contributed by atoms with E-state index in [1.807, 2.05) is 18.2 Å². The van der Waals surface area contributed by atoms with Gasteiger partial charge in [0.2, 0.25) is 12.7 Å². The van der Waals surface area contributed by atoms with Gasteiger partial charge in [0.05, 0.1) is 5.56 Å². The molecule has 0 unspecified atom stereocenters. The predicted molar refractivity (Wildman–Crippen MR) is 86.7 cm³/mol. The molecule has 24 heavy (non-hydrogen) atoms. The molecular weight excluding hydrogens is 312 g/mol. The number of ether oxygens (including phenoxy) is 3. The molecule has 126 valence electrons. The van der Waals surface area contributed by atoms with E-state index in [4.69, 9.17) is 14.2 Å². The molecule has 8 nitrogen and oxygen atoms in total. The SMILES string of the molecule is COCCCNC(=O)c1cnc(Nc2ccc3c(c2)OCO3)nc1. The lowest BCUT2D eigenvalue weighted by Crippen LogP contribution is -2.25. The number of nitrogens with one attached hydrogen (secondary N) is 2. The van der Waals surface area contributed by atoms with Gasteiger partial charge in [-0.15, -0.1) is 0 Å². The third-order valence-electron chi connectivity index (χ3n) is 3.35. The number of nitrogens with zero attached hydrogens (tertiary/aromatic N) is 2. The lowest BCUT2D eigenvalue weighted by molar-refractivity contribution is 0.0948.